The van der Waals surface area contributed by atoms with Gasteiger partial charge in [0, 0.05) is 24.9 Å². The highest BCUT2D eigenvalue weighted by Gasteiger charge is 2.26. The third kappa shape index (κ3) is 4.19. The Morgan fingerprint density at radius 1 is 1.38 bits per heavy atom. The van der Waals surface area contributed by atoms with Gasteiger partial charge in [0.1, 0.15) is 0 Å². The molecule has 0 radical (unpaired) electrons. The lowest BCUT2D eigenvalue weighted by Gasteiger charge is -2.35. The molecule has 0 aromatic heterocycles. The minimum absolute atomic E-state index is 0.109. The second-order valence-electron chi connectivity index (χ2n) is 5.58. The number of amides is 2. The van der Waals surface area contributed by atoms with Crippen LogP contribution in [0.5, 0.6) is 0 Å². The molecule has 2 rings (SSSR count). The molecular formula is C16H24N2O3. The zero-order chi connectivity index (χ0) is 15.2. The van der Waals surface area contributed by atoms with E-state index in [9.17, 15) is 9.90 Å². The lowest BCUT2D eigenvalue weighted by Crippen LogP contribution is -2.46. The topological polar surface area (TPSA) is 72.8 Å². The maximum atomic E-state index is 12.4. The third-order valence-electron chi connectivity index (χ3n) is 3.99. The molecule has 1 heterocycles. The molecule has 21 heavy (non-hydrogen) atoms. The van der Waals surface area contributed by atoms with E-state index in [1.165, 1.54) is 0 Å². The average Bonchev–Trinajstić information content (AvgIpc) is 2.48. The SMILES string of the molecule is CC(O)c1ccc(NC(=O)N2CCCCC2CCO)cc1. The van der Waals surface area contributed by atoms with E-state index in [2.05, 4.69) is 5.32 Å². The van der Waals surface area contributed by atoms with Crippen molar-refractivity contribution in [1.82, 2.24) is 4.90 Å². The summed E-state index contributed by atoms with van der Waals surface area (Å²) in [5.74, 6) is 0. The maximum Gasteiger partial charge on any atom is 0.322 e. The molecule has 116 valence electrons. The van der Waals surface area contributed by atoms with Crippen LogP contribution < -0.4 is 5.32 Å². The van der Waals surface area contributed by atoms with Crippen molar-refractivity contribution in [2.45, 2.75) is 44.8 Å². The summed E-state index contributed by atoms with van der Waals surface area (Å²) >= 11 is 0. The zero-order valence-corrected chi connectivity index (χ0v) is 12.5. The quantitative estimate of drug-likeness (QED) is 0.798. The minimum Gasteiger partial charge on any atom is -0.396 e. The summed E-state index contributed by atoms with van der Waals surface area (Å²) in [6.07, 6.45) is 3.20. The van der Waals surface area contributed by atoms with Gasteiger partial charge in [-0.05, 0) is 50.3 Å². The zero-order valence-electron chi connectivity index (χ0n) is 12.5. The Hall–Kier alpha value is -1.59. The molecule has 1 fully saturated rings. The fraction of sp³-hybridized carbons (Fsp3) is 0.562. The van der Waals surface area contributed by atoms with Crippen molar-refractivity contribution in [2.75, 3.05) is 18.5 Å². The third-order valence-corrected chi connectivity index (χ3v) is 3.99. The molecule has 5 nitrogen and oxygen atoms in total. The van der Waals surface area contributed by atoms with Gasteiger partial charge in [-0.15, -0.1) is 0 Å². The number of anilines is 1. The summed E-state index contributed by atoms with van der Waals surface area (Å²) in [7, 11) is 0. The van der Waals surface area contributed by atoms with Crippen LogP contribution in [0.15, 0.2) is 24.3 Å². The van der Waals surface area contributed by atoms with Gasteiger partial charge in [-0.1, -0.05) is 12.1 Å². The standard InChI is InChI=1S/C16H24N2O3/c1-12(20)13-5-7-14(8-6-13)17-16(21)18-10-3-2-4-15(18)9-11-19/h5-8,12,15,19-20H,2-4,9-11H2,1H3,(H,17,21). The molecule has 5 heteroatoms. The number of rotatable bonds is 4. The first-order chi connectivity index (χ1) is 10.1. The van der Waals surface area contributed by atoms with Crippen LogP contribution in [0.25, 0.3) is 0 Å². The van der Waals surface area contributed by atoms with E-state index in [0.29, 0.717) is 6.42 Å². The molecule has 0 saturated carbocycles. The number of nitrogens with one attached hydrogen (secondary N) is 1. The van der Waals surface area contributed by atoms with Gasteiger partial charge in [0.05, 0.1) is 6.10 Å². The minimum atomic E-state index is -0.509. The van der Waals surface area contributed by atoms with Crippen molar-refractivity contribution in [3.05, 3.63) is 29.8 Å². The maximum absolute atomic E-state index is 12.4. The molecule has 0 aliphatic carbocycles. The fourth-order valence-electron chi connectivity index (χ4n) is 2.76. The number of hydrogen-bond donors (Lipinski definition) is 3. The van der Waals surface area contributed by atoms with Gasteiger partial charge in [0.2, 0.25) is 0 Å². The Morgan fingerprint density at radius 3 is 2.71 bits per heavy atom. The van der Waals surface area contributed by atoms with Crippen molar-refractivity contribution in [3.63, 3.8) is 0 Å². The highest BCUT2D eigenvalue weighted by atomic mass is 16.3. The predicted octanol–water partition coefficient (Wildman–Crippen LogP) is 2.51. The first-order valence-electron chi connectivity index (χ1n) is 7.58. The van der Waals surface area contributed by atoms with Crippen molar-refractivity contribution < 1.29 is 15.0 Å². The number of carbonyl (C=O) groups excluding carboxylic acids is 1. The summed E-state index contributed by atoms with van der Waals surface area (Å²) in [6, 6.07) is 7.22. The van der Waals surface area contributed by atoms with E-state index in [-0.39, 0.29) is 18.7 Å². The van der Waals surface area contributed by atoms with E-state index in [1.807, 2.05) is 17.0 Å². The van der Waals surface area contributed by atoms with Crippen LogP contribution in [0.2, 0.25) is 0 Å². The second kappa shape index (κ2) is 7.43. The number of urea groups is 1. The van der Waals surface area contributed by atoms with Crippen LogP contribution in [0, 0.1) is 0 Å². The number of aliphatic hydroxyl groups is 2. The molecule has 2 atom stereocenters. The van der Waals surface area contributed by atoms with E-state index >= 15 is 0 Å². The Bertz CT molecular complexity index is 457. The number of likely N-dealkylation sites (tertiary alicyclic amines) is 1. The van der Waals surface area contributed by atoms with E-state index in [1.54, 1.807) is 19.1 Å². The van der Waals surface area contributed by atoms with E-state index in [4.69, 9.17) is 5.11 Å². The molecule has 3 N–H and O–H groups in total. The summed E-state index contributed by atoms with van der Waals surface area (Å²) < 4.78 is 0. The highest BCUT2D eigenvalue weighted by molar-refractivity contribution is 5.89. The molecule has 1 aromatic carbocycles. The van der Waals surface area contributed by atoms with Crippen LogP contribution >= 0.6 is 0 Å². The van der Waals surface area contributed by atoms with Crippen LogP contribution in [-0.2, 0) is 0 Å². The number of nitrogens with zero attached hydrogens (tertiary/aromatic N) is 1. The molecular weight excluding hydrogens is 268 g/mol. The van der Waals surface area contributed by atoms with Gasteiger partial charge in [-0.25, -0.2) is 4.79 Å². The van der Waals surface area contributed by atoms with Crippen LogP contribution in [0.3, 0.4) is 0 Å². The number of benzene rings is 1. The van der Waals surface area contributed by atoms with Gasteiger partial charge in [-0.2, -0.15) is 0 Å². The normalized spacial score (nSPS) is 20.1. The molecule has 1 aliphatic rings. The first-order valence-corrected chi connectivity index (χ1v) is 7.58. The van der Waals surface area contributed by atoms with Crippen LogP contribution in [0.1, 0.15) is 44.3 Å². The Kier molecular flexibility index (Phi) is 5.59. The Balaban J connectivity index is 1.99. The van der Waals surface area contributed by atoms with Crippen LogP contribution in [-0.4, -0.2) is 40.3 Å². The predicted molar refractivity (Wildman–Crippen MR) is 82.1 cm³/mol. The monoisotopic (exact) mass is 292 g/mol. The molecule has 1 saturated heterocycles. The second-order valence-corrected chi connectivity index (χ2v) is 5.58. The summed E-state index contributed by atoms with van der Waals surface area (Å²) in [6.45, 7) is 2.56. The molecule has 2 unspecified atom stereocenters. The average molecular weight is 292 g/mol. The van der Waals surface area contributed by atoms with Crippen molar-refractivity contribution >= 4 is 11.7 Å². The van der Waals surface area contributed by atoms with Crippen molar-refractivity contribution in [3.8, 4) is 0 Å². The Labute approximate surface area is 125 Å². The number of piperidine rings is 1. The van der Waals surface area contributed by atoms with Gasteiger partial charge >= 0.3 is 6.03 Å². The molecule has 1 aromatic rings. The summed E-state index contributed by atoms with van der Waals surface area (Å²) in [5.41, 5.74) is 1.54. The van der Waals surface area contributed by atoms with Crippen LogP contribution in [0.4, 0.5) is 10.5 Å². The summed E-state index contributed by atoms with van der Waals surface area (Å²) in [5, 5.41) is 21.5. The number of aliphatic hydroxyl groups excluding tert-OH is 2. The molecule has 2 amide bonds. The van der Waals surface area contributed by atoms with Crippen molar-refractivity contribution in [2.24, 2.45) is 0 Å². The number of hydrogen-bond acceptors (Lipinski definition) is 3. The van der Waals surface area contributed by atoms with Gasteiger partial charge in [0.15, 0.2) is 0 Å². The first kappa shape index (κ1) is 15.8. The Morgan fingerprint density at radius 2 is 2.10 bits per heavy atom. The van der Waals surface area contributed by atoms with E-state index < -0.39 is 6.10 Å². The molecule has 1 aliphatic heterocycles. The summed E-state index contributed by atoms with van der Waals surface area (Å²) in [4.78, 5) is 14.2. The fourth-order valence-corrected chi connectivity index (χ4v) is 2.76. The van der Waals surface area contributed by atoms with Gasteiger partial charge < -0.3 is 20.4 Å². The van der Waals surface area contributed by atoms with Crippen molar-refractivity contribution in [1.29, 1.82) is 0 Å². The lowest BCUT2D eigenvalue weighted by atomic mass is 10.0. The smallest absolute Gasteiger partial charge is 0.322 e. The molecule has 0 bridgehead atoms. The van der Waals surface area contributed by atoms with E-state index in [0.717, 1.165) is 37.1 Å². The number of carbonyl (C=O) groups is 1. The molecule has 0 spiro atoms. The highest BCUT2D eigenvalue weighted by Crippen LogP contribution is 2.21. The largest absolute Gasteiger partial charge is 0.396 e. The van der Waals surface area contributed by atoms with Gasteiger partial charge in [-0.3, -0.25) is 0 Å². The van der Waals surface area contributed by atoms with Gasteiger partial charge in [0.25, 0.3) is 0 Å². The lowest BCUT2D eigenvalue weighted by molar-refractivity contribution is 0.141.